The molecule has 2 atom stereocenters. The van der Waals surface area contributed by atoms with E-state index in [1.807, 2.05) is 0 Å². The van der Waals surface area contributed by atoms with E-state index in [4.69, 9.17) is 4.74 Å². The normalized spacial score (nSPS) is 14.0. The van der Waals surface area contributed by atoms with Crippen LogP contribution in [0.1, 0.15) is 118 Å². The van der Waals surface area contributed by atoms with Crippen LogP contribution < -0.4 is 0 Å². The molecule has 0 bridgehead atoms. The van der Waals surface area contributed by atoms with Gasteiger partial charge in [-0.15, -0.1) is 0 Å². The quantitative estimate of drug-likeness (QED) is 0.168. The van der Waals surface area contributed by atoms with E-state index in [0.717, 1.165) is 32.1 Å². The largest absolute Gasteiger partial charge is 0.456 e. The van der Waals surface area contributed by atoms with Crippen LogP contribution in [0.5, 0.6) is 0 Å². The number of hydrogen-bond acceptors (Lipinski definition) is 3. The van der Waals surface area contributed by atoms with Crippen molar-refractivity contribution in [1.82, 2.24) is 0 Å². The van der Waals surface area contributed by atoms with Gasteiger partial charge >= 0.3 is 5.97 Å². The van der Waals surface area contributed by atoms with E-state index in [1.54, 1.807) is 0 Å². The molecule has 0 saturated carbocycles. The molecule has 0 radical (unpaired) electrons. The minimum absolute atomic E-state index is 0.387. The molecular weight excluding hydrogens is 336 g/mol. The molecule has 1 N–H and O–H groups in total. The molecule has 0 heterocycles. The van der Waals surface area contributed by atoms with Gasteiger partial charge in [0.15, 0.2) is 0 Å². The Morgan fingerprint density at radius 1 is 0.926 bits per heavy atom. The Morgan fingerprint density at radius 2 is 1.44 bits per heavy atom. The van der Waals surface area contributed by atoms with E-state index in [1.165, 1.54) is 57.4 Å². The van der Waals surface area contributed by atoms with Gasteiger partial charge in [0, 0.05) is 6.08 Å². The number of hydrogen-bond donors (Lipinski definition) is 1. The zero-order chi connectivity index (χ0) is 20.5. The maximum Gasteiger partial charge on any atom is 0.330 e. The maximum absolute atomic E-state index is 11.6. The summed E-state index contributed by atoms with van der Waals surface area (Å²) in [6, 6.07) is 0. The molecule has 0 fully saturated rings. The highest BCUT2D eigenvalue weighted by atomic mass is 16.6. The number of unbranched alkanes of at least 4 members (excludes halogenated alkanes) is 9. The van der Waals surface area contributed by atoms with Crippen LogP contribution >= 0.6 is 0 Å². The lowest BCUT2D eigenvalue weighted by Gasteiger charge is -2.23. The molecule has 3 heteroatoms. The summed E-state index contributed by atoms with van der Waals surface area (Å²) in [4.78, 5) is 11.6. The fraction of sp³-hybridized carbons (Fsp3) is 0.875. The van der Waals surface area contributed by atoms with Crippen molar-refractivity contribution >= 4 is 5.97 Å². The van der Waals surface area contributed by atoms with Gasteiger partial charge in [-0.25, -0.2) is 4.79 Å². The predicted octanol–water partition coefficient (Wildman–Crippen LogP) is 6.97. The minimum atomic E-state index is -0.556. The van der Waals surface area contributed by atoms with E-state index in [-0.39, 0.29) is 6.10 Å². The average Bonchev–Trinajstić information content (AvgIpc) is 2.61. The molecule has 0 aromatic heterocycles. The maximum atomic E-state index is 11.6. The molecule has 27 heavy (non-hydrogen) atoms. The van der Waals surface area contributed by atoms with Gasteiger partial charge in [0.2, 0.25) is 0 Å². The minimum Gasteiger partial charge on any atom is -0.456 e. The van der Waals surface area contributed by atoms with Gasteiger partial charge in [-0.1, -0.05) is 98.5 Å². The number of carbonyl (C=O) groups is 1. The van der Waals surface area contributed by atoms with Gasteiger partial charge in [0.05, 0.1) is 6.10 Å². The van der Waals surface area contributed by atoms with Crippen LogP contribution in [0.4, 0.5) is 0 Å². The SMILES string of the molecule is C=CC(=O)OC(CCCCCCCC)C(O)CCCCCCCC(C)(C)C. The molecule has 0 amide bonds. The highest BCUT2D eigenvalue weighted by Crippen LogP contribution is 2.23. The third kappa shape index (κ3) is 17.0. The van der Waals surface area contributed by atoms with Gasteiger partial charge in [-0.3, -0.25) is 0 Å². The first kappa shape index (κ1) is 26.2. The summed E-state index contributed by atoms with van der Waals surface area (Å²) in [6.45, 7) is 12.6. The van der Waals surface area contributed by atoms with E-state index in [9.17, 15) is 9.90 Å². The van der Waals surface area contributed by atoms with Crippen LogP contribution in [0.3, 0.4) is 0 Å². The van der Waals surface area contributed by atoms with Crippen LogP contribution in [0.15, 0.2) is 12.7 Å². The molecule has 0 rings (SSSR count). The highest BCUT2D eigenvalue weighted by molar-refractivity contribution is 5.81. The fourth-order valence-electron chi connectivity index (χ4n) is 3.38. The van der Waals surface area contributed by atoms with Crippen molar-refractivity contribution in [2.45, 2.75) is 130 Å². The van der Waals surface area contributed by atoms with Crippen molar-refractivity contribution in [1.29, 1.82) is 0 Å². The molecule has 160 valence electrons. The molecular formula is C24H46O3. The third-order valence-corrected chi connectivity index (χ3v) is 5.13. The monoisotopic (exact) mass is 382 g/mol. The standard InChI is InChI=1S/C24H46O3/c1-6-8-9-10-13-16-19-22(27-23(26)7-2)21(25)18-15-12-11-14-17-20-24(3,4)5/h7,21-22,25H,2,6,8-20H2,1,3-5H3. The first-order chi connectivity index (χ1) is 12.8. The number of ether oxygens (including phenoxy) is 1. The summed E-state index contributed by atoms with van der Waals surface area (Å²) in [5.41, 5.74) is 0.426. The van der Waals surface area contributed by atoms with Crippen molar-refractivity contribution in [3.63, 3.8) is 0 Å². The van der Waals surface area contributed by atoms with Crippen LogP contribution in [0.25, 0.3) is 0 Å². The lowest BCUT2D eigenvalue weighted by atomic mass is 9.89. The van der Waals surface area contributed by atoms with Crippen molar-refractivity contribution in [2.75, 3.05) is 0 Å². The topological polar surface area (TPSA) is 46.5 Å². The van der Waals surface area contributed by atoms with Gasteiger partial charge < -0.3 is 9.84 Å². The molecule has 0 aromatic rings. The van der Waals surface area contributed by atoms with Crippen LogP contribution in [0, 0.1) is 5.41 Å². The number of aliphatic hydroxyl groups excluding tert-OH is 1. The average molecular weight is 383 g/mol. The third-order valence-electron chi connectivity index (χ3n) is 5.13. The second-order valence-corrected chi connectivity index (χ2v) is 9.17. The lowest BCUT2D eigenvalue weighted by Crippen LogP contribution is -2.31. The Morgan fingerprint density at radius 3 is 2.00 bits per heavy atom. The van der Waals surface area contributed by atoms with E-state index in [0.29, 0.717) is 11.8 Å². The van der Waals surface area contributed by atoms with Crippen LogP contribution in [0.2, 0.25) is 0 Å². The van der Waals surface area contributed by atoms with E-state index < -0.39 is 12.1 Å². The summed E-state index contributed by atoms with van der Waals surface area (Å²) < 4.78 is 5.42. The summed E-state index contributed by atoms with van der Waals surface area (Å²) in [7, 11) is 0. The molecule has 0 aliphatic heterocycles. The second kappa shape index (κ2) is 16.2. The first-order valence-electron chi connectivity index (χ1n) is 11.3. The van der Waals surface area contributed by atoms with Crippen molar-refractivity contribution in [3.8, 4) is 0 Å². The fourth-order valence-corrected chi connectivity index (χ4v) is 3.38. The molecule has 0 aliphatic carbocycles. The smallest absolute Gasteiger partial charge is 0.330 e. The summed E-state index contributed by atoms with van der Waals surface area (Å²) in [6.07, 6.45) is 16.0. The molecule has 0 spiro atoms. The van der Waals surface area contributed by atoms with Gasteiger partial charge in [-0.2, -0.15) is 0 Å². The first-order valence-corrected chi connectivity index (χ1v) is 11.3. The van der Waals surface area contributed by atoms with Crippen molar-refractivity contribution in [2.24, 2.45) is 5.41 Å². The number of esters is 1. The zero-order valence-corrected chi connectivity index (χ0v) is 18.6. The van der Waals surface area contributed by atoms with Gasteiger partial charge in [0.1, 0.15) is 6.10 Å². The Labute approximate surface area is 169 Å². The van der Waals surface area contributed by atoms with Gasteiger partial charge in [-0.05, 0) is 31.1 Å². The number of carbonyl (C=O) groups excluding carboxylic acids is 1. The molecule has 0 aliphatic rings. The second-order valence-electron chi connectivity index (χ2n) is 9.17. The van der Waals surface area contributed by atoms with E-state index in [2.05, 4.69) is 34.3 Å². The summed E-state index contributed by atoms with van der Waals surface area (Å²) in [5.74, 6) is -0.424. The highest BCUT2D eigenvalue weighted by Gasteiger charge is 2.21. The Bertz CT molecular complexity index is 370. The van der Waals surface area contributed by atoms with Crippen LogP contribution in [-0.4, -0.2) is 23.3 Å². The molecule has 2 unspecified atom stereocenters. The van der Waals surface area contributed by atoms with Crippen molar-refractivity contribution < 1.29 is 14.6 Å². The molecule has 0 aromatic carbocycles. The summed E-state index contributed by atoms with van der Waals surface area (Å²) in [5, 5.41) is 10.5. The van der Waals surface area contributed by atoms with Crippen LogP contribution in [-0.2, 0) is 9.53 Å². The zero-order valence-electron chi connectivity index (χ0n) is 18.6. The molecule has 3 nitrogen and oxygen atoms in total. The van der Waals surface area contributed by atoms with Crippen molar-refractivity contribution in [3.05, 3.63) is 12.7 Å². The molecule has 0 saturated heterocycles. The predicted molar refractivity (Wildman–Crippen MR) is 116 cm³/mol. The lowest BCUT2D eigenvalue weighted by molar-refractivity contribution is -0.149. The number of rotatable bonds is 17. The van der Waals surface area contributed by atoms with Gasteiger partial charge in [0.25, 0.3) is 0 Å². The van der Waals surface area contributed by atoms with E-state index >= 15 is 0 Å². The summed E-state index contributed by atoms with van der Waals surface area (Å²) >= 11 is 0. The Kier molecular flexibility index (Phi) is 15.7. The Hall–Kier alpha value is -0.830. The number of aliphatic hydroxyl groups is 1. The Balaban J connectivity index is 4.02.